The lowest BCUT2D eigenvalue weighted by Crippen LogP contribution is -2.38. The number of benzene rings is 3. The van der Waals surface area contributed by atoms with Gasteiger partial charge >= 0.3 is 12.1 Å². The molecule has 1 saturated heterocycles. The van der Waals surface area contributed by atoms with Gasteiger partial charge in [0.15, 0.2) is 0 Å². The smallest absolute Gasteiger partial charge is 0.409 e. The summed E-state index contributed by atoms with van der Waals surface area (Å²) in [6.07, 6.45) is 1.43. The summed E-state index contributed by atoms with van der Waals surface area (Å²) in [5, 5.41) is 9.06. The molecule has 1 aliphatic carbocycles. The molecule has 1 fully saturated rings. The van der Waals surface area contributed by atoms with Gasteiger partial charge in [-0.25, -0.2) is 9.59 Å². The Balaban J connectivity index is 1.20. The van der Waals surface area contributed by atoms with Crippen molar-refractivity contribution in [2.45, 2.75) is 24.7 Å². The van der Waals surface area contributed by atoms with E-state index < -0.39 is 5.97 Å². The number of ether oxygens (including phenoxy) is 1. The molecule has 1 N–H and O–H groups in total. The van der Waals surface area contributed by atoms with Gasteiger partial charge in [-0.15, -0.1) is 0 Å². The molecule has 162 valence electrons. The van der Waals surface area contributed by atoms with Gasteiger partial charge in [0.05, 0.1) is 5.56 Å². The van der Waals surface area contributed by atoms with E-state index in [2.05, 4.69) is 24.3 Å². The molecule has 0 aromatic heterocycles. The Morgan fingerprint density at radius 3 is 1.97 bits per heavy atom. The van der Waals surface area contributed by atoms with Crippen LogP contribution in [-0.4, -0.2) is 41.8 Å². The van der Waals surface area contributed by atoms with E-state index in [1.807, 2.05) is 36.4 Å². The summed E-state index contributed by atoms with van der Waals surface area (Å²) in [6, 6.07) is 23.7. The lowest BCUT2D eigenvalue weighted by Gasteiger charge is -2.32. The first-order valence-electron chi connectivity index (χ1n) is 11.0. The minimum atomic E-state index is -0.915. The Labute approximate surface area is 187 Å². The summed E-state index contributed by atoms with van der Waals surface area (Å²) in [5.74, 6) is -0.520. The van der Waals surface area contributed by atoms with E-state index in [1.54, 1.807) is 17.0 Å². The molecule has 0 spiro atoms. The SMILES string of the molecule is O=C(O)c1ccc(C2CCN(C(=O)OCC3c4ccccc4-c4ccccc43)CC2)cc1. The maximum Gasteiger partial charge on any atom is 0.409 e. The van der Waals surface area contributed by atoms with E-state index in [1.165, 1.54) is 22.3 Å². The third-order valence-electron chi connectivity index (χ3n) is 6.72. The van der Waals surface area contributed by atoms with Crippen LogP contribution in [0.4, 0.5) is 4.79 Å². The van der Waals surface area contributed by atoms with Crippen LogP contribution in [0.2, 0.25) is 0 Å². The van der Waals surface area contributed by atoms with Gasteiger partial charge in [-0.2, -0.15) is 0 Å². The average Bonchev–Trinajstić information content (AvgIpc) is 3.16. The zero-order valence-corrected chi connectivity index (χ0v) is 17.7. The number of rotatable bonds is 4. The van der Waals surface area contributed by atoms with Gasteiger partial charge in [-0.1, -0.05) is 60.7 Å². The van der Waals surface area contributed by atoms with Crippen molar-refractivity contribution >= 4 is 12.1 Å². The highest BCUT2D eigenvalue weighted by atomic mass is 16.6. The van der Waals surface area contributed by atoms with Crippen LogP contribution in [-0.2, 0) is 4.74 Å². The molecule has 3 aromatic rings. The van der Waals surface area contributed by atoms with Crippen molar-refractivity contribution in [3.05, 3.63) is 95.1 Å². The summed E-state index contributed by atoms with van der Waals surface area (Å²) in [5.41, 5.74) is 6.29. The first kappa shape index (κ1) is 20.3. The fourth-order valence-electron chi connectivity index (χ4n) is 4.98. The molecule has 0 saturated carbocycles. The molecule has 3 aromatic carbocycles. The number of carboxylic acids is 1. The average molecular weight is 428 g/mol. The summed E-state index contributed by atoms with van der Waals surface area (Å²) in [7, 11) is 0. The number of amides is 1. The third-order valence-corrected chi connectivity index (χ3v) is 6.72. The van der Waals surface area contributed by atoms with Gasteiger partial charge in [0.2, 0.25) is 0 Å². The number of carbonyl (C=O) groups excluding carboxylic acids is 1. The Morgan fingerprint density at radius 1 is 0.844 bits per heavy atom. The Morgan fingerprint density at radius 2 is 1.41 bits per heavy atom. The summed E-state index contributed by atoms with van der Waals surface area (Å²) < 4.78 is 5.78. The number of carboxylic acid groups (broad SMARTS) is 1. The van der Waals surface area contributed by atoms with Gasteiger partial charge in [0, 0.05) is 19.0 Å². The van der Waals surface area contributed by atoms with Crippen LogP contribution in [0.15, 0.2) is 72.8 Å². The van der Waals surface area contributed by atoms with E-state index in [9.17, 15) is 9.59 Å². The molecule has 0 unspecified atom stereocenters. The Bertz CT molecular complexity index is 1100. The predicted octanol–water partition coefficient (Wildman–Crippen LogP) is 5.51. The molecule has 0 radical (unpaired) electrons. The molecule has 32 heavy (non-hydrogen) atoms. The van der Waals surface area contributed by atoms with Crippen molar-refractivity contribution < 1.29 is 19.4 Å². The third kappa shape index (κ3) is 3.75. The van der Waals surface area contributed by atoms with Gasteiger partial charge < -0.3 is 14.7 Å². The molecular weight excluding hydrogens is 402 g/mol. The molecule has 5 rings (SSSR count). The number of hydrogen-bond donors (Lipinski definition) is 1. The standard InChI is InChI=1S/C27H25NO4/c29-26(30)20-11-9-18(10-12-20)19-13-15-28(16-14-19)27(31)32-17-25-23-7-3-1-5-21(23)22-6-2-4-8-24(22)25/h1-12,19,25H,13-17H2,(H,29,30). The van der Waals surface area contributed by atoms with Crippen molar-refractivity contribution in [2.75, 3.05) is 19.7 Å². The van der Waals surface area contributed by atoms with E-state index in [0.717, 1.165) is 18.4 Å². The van der Waals surface area contributed by atoms with Crippen molar-refractivity contribution in [3.63, 3.8) is 0 Å². The molecule has 1 aliphatic heterocycles. The molecule has 0 bridgehead atoms. The Hall–Kier alpha value is -3.60. The number of aromatic carboxylic acids is 1. The summed E-state index contributed by atoms with van der Waals surface area (Å²) >= 11 is 0. The first-order valence-corrected chi connectivity index (χ1v) is 11.0. The minimum Gasteiger partial charge on any atom is -0.478 e. The number of fused-ring (bicyclic) bond motifs is 3. The van der Waals surface area contributed by atoms with E-state index in [0.29, 0.717) is 31.2 Å². The van der Waals surface area contributed by atoms with Gasteiger partial charge in [-0.05, 0) is 58.7 Å². The van der Waals surface area contributed by atoms with Crippen LogP contribution in [0.25, 0.3) is 11.1 Å². The number of piperidine rings is 1. The zero-order chi connectivity index (χ0) is 22.1. The first-order chi connectivity index (χ1) is 15.6. The molecule has 0 atom stereocenters. The second-order valence-corrected chi connectivity index (χ2v) is 8.49. The van der Waals surface area contributed by atoms with E-state index in [-0.39, 0.29) is 12.0 Å². The second-order valence-electron chi connectivity index (χ2n) is 8.49. The highest BCUT2D eigenvalue weighted by Gasteiger charge is 2.30. The fraction of sp³-hybridized carbons (Fsp3) is 0.259. The Kier molecular flexibility index (Phi) is 5.39. The molecule has 1 heterocycles. The molecule has 2 aliphatic rings. The lowest BCUT2D eigenvalue weighted by molar-refractivity contribution is 0.0696. The number of nitrogens with zero attached hydrogens (tertiary/aromatic N) is 1. The van der Waals surface area contributed by atoms with Crippen molar-refractivity contribution in [2.24, 2.45) is 0 Å². The van der Waals surface area contributed by atoms with Crippen molar-refractivity contribution in [1.82, 2.24) is 4.90 Å². The monoisotopic (exact) mass is 427 g/mol. The highest BCUT2D eigenvalue weighted by molar-refractivity contribution is 5.87. The van der Waals surface area contributed by atoms with Crippen LogP contribution in [0.5, 0.6) is 0 Å². The fourth-order valence-corrected chi connectivity index (χ4v) is 4.98. The number of likely N-dealkylation sites (tertiary alicyclic amines) is 1. The van der Waals surface area contributed by atoms with Gasteiger partial charge in [0.1, 0.15) is 6.61 Å². The molecule has 5 nitrogen and oxygen atoms in total. The zero-order valence-electron chi connectivity index (χ0n) is 17.7. The van der Waals surface area contributed by atoms with Crippen molar-refractivity contribution in [1.29, 1.82) is 0 Å². The lowest BCUT2D eigenvalue weighted by atomic mass is 9.89. The van der Waals surface area contributed by atoms with Crippen LogP contribution >= 0.6 is 0 Å². The van der Waals surface area contributed by atoms with Crippen LogP contribution < -0.4 is 0 Å². The maximum atomic E-state index is 12.8. The number of hydrogen-bond acceptors (Lipinski definition) is 3. The van der Waals surface area contributed by atoms with Gasteiger partial charge in [0.25, 0.3) is 0 Å². The molecular formula is C27H25NO4. The maximum absolute atomic E-state index is 12.8. The predicted molar refractivity (Wildman–Crippen MR) is 122 cm³/mol. The molecule has 5 heteroatoms. The van der Waals surface area contributed by atoms with Crippen LogP contribution in [0.3, 0.4) is 0 Å². The largest absolute Gasteiger partial charge is 0.478 e. The van der Waals surface area contributed by atoms with Crippen molar-refractivity contribution in [3.8, 4) is 11.1 Å². The topological polar surface area (TPSA) is 66.8 Å². The quantitative estimate of drug-likeness (QED) is 0.596. The highest BCUT2D eigenvalue weighted by Crippen LogP contribution is 2.44. The van der Waals surface area contributed by atoms with E-state index in [4.69, 9.17) is 9.84 Å². The number of carbonyl (C=O) groups is 2. The molecule has 1 amide bonds. The van der Waals surface area contributed by atoms with Gasteiger partial charge in [-0.3, -0.25) is 0 Å². The van der Waals surface area contributed by atoms with Crippen LogP contribution in [0.1, 0.15) is 51.7 Å². The van der Waals surface area contributed by atoms with E-state index >= 15 is 0 Å². The minimum absolute atomic E-state index is 0.0663. The second kappa shape index (κ2) is 8.50. The summed E-state index contributed by atoms with van der Waals surface area (Å²) in [4.78, 5) is 25.6. The van der Waals surface area contributed by atoms with Crippen LogP contribution in [0, 0.1) is 0 Å². The summed E-state index contributed by atoms with van der Waals surface area (Å²) in [6.45, 7) is 1.62. The normalized spacial score (nSPS) is 15.8.